The quantitative estimate of drug-likeness (QED) is 0.0214. The first kappa shape index (κ1) is 49.1. The first-order valence-corrected chi connectivity index (χ1v) is 22.5. The van der Waals surface area contributed by atoms with E-state index in [1.165, 1.54) is 12.2 Å². The molecule has 0 fully saturated rings. The summed E-state index contributed by atoms with van der Waals surface area (Å²) >= 11 is 0. The molecule has 0 spiro atoms. The summed E-state index contributed by atoms with van der Waals surface area (Å²) in [5.41, 5.74) is 3.82. The summed E-state index contributed by atoms with van der Waals surface area (Å²) in [7, 11) is 0. The number of rotatable bonds is 22. The number of carbonyl (C=O) groups excluding carboxylic acids is 4. The van der Waals surface area contributed by atoms with Crippen molar-refractivity contribution in [2.75, 3.05) is 26.4 Å². The minimum Gasteiger partial charge on any atom is -0.494 e. The number of hydrogen-bond donors (Lipinski definition) is 0. The second-order valence-corrected chi connectivity index (χ2v) is 15.4. The summed E-state index contributed by atoms with van der Waals surface area (Å²) in [5, 5.41) is 1.21. The van der Waals surface area contributed by atoms with Crippen LogP contribution in [0.2, 0.25) is 0 Å². The van der Waals surface area contributed by atoms with Gasteiger partial charge < -0.3 is 28.4 Å². The van der Waals surface area contributed by atoms with Gasteiger partial charge in [-0.3, -0.25) is 0 Å². The van der Waals surface area contributed by atoms with Crippen LogP contribution in [-0.4, -0.2) is 50.3 Å². The van der Waals surface area contributed by atoms with E-state index in [4.69, 9.17) is 28.4 Å². The average molecular weight is 909 g/mol. The third kappa shape index (κ3) is 16.0. The maximum absolute atomic E-state index is 13.3. The van der Waals surface area contributed by atoms with E-state index in [1.54, 1.807) is 72.8 Å². The molecular weight excluding hydrogens is 857 g/mol. The van der Waals surface area contributed by atoms with Gasteiger partial charge in [-0.1, -0.05) is 61.1 Å². The Morgan fingerprint density at radius 1 is 0.397 bits per heavy atom. The molecule has 10 nitrogen and oxygen atoms in total. The third-order valence-electron chi connectivity index (χ3n) is 10.3. The molecule has 0 saturated carbocycles. The van der Waals surface area contributed by atoms with E-state index in [0.717, 1.165) is 85.1 Å². The van der Waals surface area contributed by atoms with Crippen molar-refractivity contribution >= 4 is 34.6 Å². The van der Waals surface area contributed by atoms with Gasteiger partial charge in [-0.25, -0.2) is 19.2 Å². The topological polar surface area (TPSA) is 124 Å². The molecule has 0 aromatic heterocycles. The molecule has 10 heteroatoms. The molecule has 6 aromatic carbocycles. The Balaban J connectivity index is 0.946. The van der Waals surface area contributed by atoms with Crippen molar-refractivity contribution in [1.29, 1.82) is 0 Å². The van der Waals surface area contributed by atoms with Gasteiger partial charge in [0, 0.05) is 45.2 Å². The highest BCUT2D eigenvalue weighted by molar-refractivity contribution is 6.00. The number of ether oxygens (including phenoxy) is 6. The molecule has 0 aliphatic rings. The lowest BCUT2D eigenvalue weighted by Crippen LogP contribution is -2.10. The number of fused-ring (bicyclic) bond motifs is 1. The number of hydrogen-bond acceptors (Lipinski definition) is 10. The SMILES string of the molecule is C=CC(=O)OCCCCCCOc1ccc(C#Cc2ccc(C(=O)Oc3ccc(OC(=O)c4ccc(C#Cc5ccc(OCCCCCCOC(=O)C=C)cc5)cc4)c4ccccc34)cc2)cc1. The molecule has 0 aliphatic heterocycles. The normalized spacial score (nSPS) is 10.3. The van der Waals surface area contributed by atoms with Crippen molar-refractivity contribution in [3.8, 4) is 46.7 Å². The number of benzene rings is 6. The van der Waals surface area contributed by atoms with Gasteiger partial charge in [0.05, 0.1) is 37.6 Å². The van der Waals surface area contributed by atoms with E-state index >= 15 is 0 Å². The first-order valence-electron chi connectivity index (χ1n) is 22.5. The summed E-state index contributed by atoms with van der Waals surface area (Å²) in [6, 6.07) is 39.3. The fourth-order valence-electron chi connectivity index (χ4n) is 6.64. The molecule has 0 atom stereocenters. The fraction of sp³-hybridized carbons (Fsp3) is 0.207. The van der Waals surface area contributed by atoms with Gasteiger partial charge in [-0.2, -0.15) is 0 Å². The minimum atomic E-state index is -0.542. The van der Waals surface area contributed by atoms with Crippen LogP contribution in [0.5, 0.6) is 23.0 Å². The van der Waals surface area contributed by atoms with Crippen molar-refractivity contribution in [2.45, 2.75) is 51.4 Å². The third-order valence-corrected chi connectivity index (χ3v) is 10.3. The van der Waals surface area contributed by atoms with Crippen LogP contribution < -0.4 is 18.9 Å². The smallest absolute Gasteiger partial charge is 0.343 e. The van der Waals surface area contributed by atoms with Gasteiger partial charge in [-0.05, 0) is 161 Å². The average Bonchev–Trinajstić information content (AvgIpc) is 3.38. The van der Waals surface area contributed by atoms with E-state index in [9.17, 15) is 19.2 Å². The van der Waals surface area contributed by atoms with E-state index < -0.39 is 23.9 Å². The number of unbranched alkanes of at least 4 members (excludes halogenated alkanes) is 6. The Kier molecular flexibility index (Phi) is 19.2. The monoisotopic (exact) mass is 908 g/mol. The van der Waals surface area contributed by atoms with Crippen LogP contribution in [0.3, 0.4) is 0 Å². The van der Waals surface area contributed by atoms with Crippen LogP contribution in [-0.2, 0) is 19.1 Å². The molecule has 0 heterocycles. The molecule has 0 bridgehead atoms. The lowest BCUT2D eigenvalue weighted by molar-refractivity contribution is -0.138. The van der Waals surface area contributed by atoms with Crippen LogP contribution >= 0.6 is 0 Å². The molecule has 6 aromatic rings. The standard InChI is InChI=1S/C58H52O10/c1-3-55(59)65-41-13-7-5-11-39-63-49-33-25-45(26-34-49)19-17-43-21-29-47(30-22-43)57(61)67-53-37-38-54(52-16-10-9-15-51(52)53)68-58(62)48-31-23-44(24-32-48)18-20-46-27-35-50(36-28-46)64-40-12-6-8-14-42-66-56(60)4-2/h3-4,9-10,15-16,21-38H,1-2,5-8,11-14,39-42H2. The molecule has 6 rings (SSSR count). The van der Waals surface area contributed by atoms with Crippen molar-refractivity contribution in [3.63, 3.8) is 0 Å². The first-order chi connectivity index (χ1) is 33.3. The maximum atomic E-state index is 13.3. The van der Waals surface area contributed by atoms with Gasteiger partial charge in [0.1, 0.15) is 23.0 Å². The van der Waals surface area contributed by atoms with E-state index in [-0.39, 0.29) is 0 Å². The predicted octanol–water partition coefficient (Wildman–Crippen LogP) is 11.4. The van der Waals surface area contributed by atoms with E-state index in [1.807, 2.05) is 60.7 Å². The van der Waals surface area contributed by atoms with E-state index in [2.05, 4.69) is 36.8 Å². The Bertz CT molecular complexity index is 2590. The van der Waals surface area contributed by atoms with Gasteiger partial charge >= 0.3 is 23.9 Å². The molecule has 0 amide bonds. The number of esters is 4. The van der Waals surface area contributed by atoms with Crippen LogP contribution in [0.4, 0.5) is 0 Å². The lowest BCUT2D eigenvalue weighted by Gasteiger charge is -2.12. The molecule has 0 unspecified atom stereocenters. The second-order valence-electron chi connectivity index (χ2n) is 15.4. The Labute approximate surface area is 397 Å². The minimum absolute atomic E-state index is 0.324. The van der Waals surface area contributed by atoms with Gasteiger partial charge in [0.25, 0.3) is 0 Å². The van der Waals surface area contributed by atoms with E-state index in [0.29, 0.717) is 59.8 Å². The Morgan fingerprint density at radius 2 is 0.721 bits per heavy atom. The maximum Gasteiger partial charge on any atom is 0.343 e. The van der Waals surface area contributed by atoms with Crippen LogP contribution in [0, 0.1) is 23.7 Å². The molecule has 68 heavy (non-hydrogen) atoms. The fourth-order valence-corrected chi connectivity index (χ4v) is 6.64. The Hall–Kier alpha value is -8.34. The summed E-state index contributed by atoms with van der Waals surface area (Å²) in [6.07, 6.45) is 9.62. The second kappa shape index (κ2) is 26.6. The summed E-state index contributed by atoms with van der Waals surface area (Å²) < 4.78 is 33.3. The zero-order chi connectivity index (χ0) is 47.8. The van der Waals surface area contributed by atoms with Crippen molar-refractivity contribution < 1.29 is 47.6 Å². The van der Waals surface area contributed by atoms with Crippen molar-refractivity contribution in [2.24, 2.45) is 0 Å². The molecule has 0 N–H and O–H groups in total. The zero-order valence-corrected chi connectivity index (χ0v) is 37.8. The van der Waals surface area contributed by atoms with Gasteiger partial charge in [-0.15, -0.1) is 0 Å². The summed E-state index contributed by atoms with van der Waals surface area (Å²) in [5.74, 6) is 12.9. The molecule has 0 aliphatic carbocycles. The highest BCUT2D eigenvalue weighted by Gasteiger charge is 2.16. The zero-order valence-electron chi connectivity index (χ0n) is 37.8. The predicted molar refractivity (Wildman–Crippen MR) is 262 cm³/mol. The summed E-state index contributed by atoms with van der Waals surface area (Å²) in [4.78, 5) is 48.7. The van der Waals surface area contributed by atoms with Crippen LogP contribution in [0.25, 0.3) is 10.8 Å². The van der Waals surface area contributed by atoms with Gasteiger partial charge in [0.15, 0.2) is 0 Å². The molecular formula is C58H52O10. The summed E-state index contributed by atoms with van der Waals surface area (Å²) in [6.45, 7) is 8.76. The van der Waals surface area contributed by atoms with Crippen LogP contribution in [0.15, 0.2) is 159 Å². The highest BCUT2D eigenvalue weighted by atomic mass is 16.5. The lowest BCUT2D eigenvalue weighted by atomic mass is 10.1. The molecule has 344 valence electrons. The molecule has 0 saturated heterocycles. The number of carbonyl (C=O) groups is 4. The molecule has 0 radical (unpaired) electrons. The van der Waals surface area contributed by atoms with Crippen molar-refractivity contribution in [3.05, 3.63) is 192 Å². The van der Waals surface area contributed by atoms with Crippen molar-refractivity contribution in [1.82, 2.24) is 0 Å². The van der Waals surface area contributed by atoms with Gasteiger partial charge in [0.2, 0.25) is 0 Å². The highest BCUT2D eigenvalue weighted by Crippen LogP contribution is 2.34. The van der Waals surface area contributed by atoms with Crippen LogP contribution in [0.1, 0.15) is 94.3 Å². The largest absolute Gasteiger partial charge is 0.494 e. The Morgan fingerprint density at radius 3 is 1.06 bits per heavy atom.